The molecule has 0 bridgehead atoms. The number of methoxy groups -OCH3 is 2. The zero-order valence-electron chi connectivity index (χ0n) is 18.7. The van der Waals surface area contributed by atoms with Crippen molar-refractivity contribution in [2.75, 3.05) is 27.4 Å². The number of benzene rings is 2. The minimum atomic E-state index is -0.843. The normalized spacial score (nSPS) is 17.7. The fourth-order valence-corrected chi connectivity index (χ4v) is 4.04. The van der Waals surface area contributed by atoms with Crippen LogP contribution in [0.1, 0.15) is 31.0 Å². The van der Waals surface area contributed by atoms with E-state index in [0.29, 0.717) is 10.6 Å². The van der Waals surface area contributed by atoms with E-state index in [2.05, 4.69) is 0 Å². The standard InChI is InChI=1S/C24H25Cl2NO6/c1-13(2)33-10-9-27-21(14-5-7-15(25)8-6-14)20(23(29)24(27)30)22(28)16-11-19(32-4)17(26)12-18(16)31-3/h5-8,11-13,21,28H,9-10H2,1-4H3/b22-20+. The summed E-state index contributed by atoms with van der Waals surface area (Å²) in [6.45, 7) is 4.15. The lowest BCUT2D eigenvalue weighted by Crippen LogP contribution is -2.33. The summed E-state index contributed by atoms with van der Waals surface area (Å²) >= 11 is 12.2. The van der Waals surface area contributed by atoms with Crippen LogP contribution in [0.15, 0.2) is 42.0 Å². The van der Waals surface area contributed by atoms with Crippen molar-refractivity contribution >= 4 is 40.7 Å². The summed E-state index contributed by atoms with van der Waals surface area (Å²) in [4.78, 5) is 27.5. The Morgan fingerprint density at radius 3 is 2.27 bits per heavy atom. The molecular weight excluding hydrogens is 469 g/mol. The molecule has 0 aliphatic carbocycles. The second kappa shape index (κ2) is 10.5. The third kappa shape index (κ3) is 5.11. The number of ether oxygens (including phenoxy) is 3. The molecule has 176 valence electrons. The second-order valence-electron chi connectivity index (χ2n) is 7.65. The minimum Gasteiger partial charge on any atom is -0.507 e. The zero-order valence-corrected chi connectivity index (χ0v) is 20.2. The summed E-state index contributed by atoms with van der Waals surface area (Å²) in [5, 5.41) is 12.1. The lowest BCUT2D eigenvalue weighted by molar-refractivity contribution is -0.140. The molecule has 1 aliphatic rings. The van der Waals surface area contributed by atoms with Crippen LogP contribution < -0.4 is 9.47 Å². The number of nitrogens with zero attached hydrogens (tertiary/aromatic N) is 1. The number of hydrogen-bond donors (Lipinski definition) is 1. The van der Waals surface area contributed by atoms with Gasteiger partial charge in [0.2, 0.25) is 0 Å². The van der Waals surface area contributed by atoms with Crippen molar-refractivity contribution < 1.29 is 28.9 Å². The Morgan fingerprint density at radius 1 is 1.06 bits per heavy atom. The number of hydrogen-bond acceptors (Lipinski definition) is 6. The van der Waals surface area contributed by atoms with Crippen molar-refractivity contribution in [1.29, 1.82) is 0 Å². The highest BCUT2D eigenvalue weighted by Gasteiger charge is 2.46. The van der Waals surface area contributed by atoms with E-state index in [4.69, 9.17) is 37.4 Å². The Hall–Kier alpha value is -2.74. The van der Waals surface area contributed by atoms with Crippen LogP contribution in [0.4, 0.5) is 0 Å². The lowest BCUT2D eigenvalue weighted by atomic mass is 9.95. The van der Waals surface area contributed by atoms with Gasteiger partial charge in [-0.3, -0.25) is 9.59 Å². The summed E-state index contributed by atoms with van der Waals surface area (Å²) in [6.07, 6.45) is -0.0402. The molecule has 0 radical (unpaired) electrons. The van der Waals surface area contributed by atoms with Crippen molar-refractivity contribution in [2.24, 2.45) is 0 Å². The number of carbonyl (C=O) groups excluding carboxylic acids is 2. The smallest absolute Gasteiger partial charge is 0.295 e. The predicted molar refractivity (Wildman–Crippen MR) is 126 cm³/mol. The quantitative estimate of drug-likeness (QED) is 0.321. The maximum Gasteiger partial charge on any atom is 0.295 e. The van der Waals surface area contributed by atoms with Gasteiger partial charge in [-0.05, 0) is 37.6 Å². The molecule has 0 aromatic heterocycles. The van der Waals surface area contributed by atoms with Gasteiger partial charge in [0.05, 0.1) is 49.1 Å². The number of halogens is 2. The van der Waals surface area contributed by atoms with Gasteiger partial charge in [0.15, 0.2) is 0 Å². The highest BCUT2D eigenvalue weighted by atomic mass is 35.5. The Balaban J connectivity index is 2.18. The average molecular weight is 494 g/mol. The largest absolute Gasteiger partial charge is 0.507 e. The Kier molecular flexibility index (Phi) is 7.89. The molecule has 1 heterocycles. The molecule has 33 heavy (non-hydrogen) atoms. The SMILES string of the molecule is COc1cc(/C(O)=C2\C(=O)C(=O)N(CCOC(C)C)C2c2ccc(Cl)cc2)c(OC)cc1Cl. The molecular formula is C24H25Cl2NO6. The fourth-order valence-electron chi connectivity index (χ4n) is 3.68. The second-order valence-corrected chi connectivity index (χ2v) is 8.49. The number of aliphatic hydroxyl groups is 1. The molecule has 1 aliphatic heterocycles. The third-order valence-electron chi connectivity index (χ3n) is 5.24. The van der Waals surface area contributed by atoms with Crippen molar-refractivity contribution in [3.8, 4) is 11.5 Å². The van der Waals surface area contributed by atoms with Crippen molar-refractivity contribution in [1.82, 2.24) is 4.90 Å². The van der Waals surface area contributed by atoms with E-state index in [9.17, 15) is 14.7 Å². The van der Waals surface area contributed by atoms with Gasteiger partial charge >= 0.3 is 0 Å². The third-order valence-corrected chi connectivity index (χ3v) is 5.79. The number of amides is 1. The van der Waals surface area contributed by atoms with Crippen molar-refractivity contribution in [2.45, 2.75) is 26.0 Å². The maximum atomic E-state index is 13.1. The van der Waals surface area contributed by atoms with E-state index in [1.54, 1.807) is 24.3 Å². The highest BCUT2D eigenvalue weighted by molar-refractivity contribution is 6.46. The number of Topliss-reactive ketones (excluding diaryl/α,β-unsaturated/α-hetero) is 1. The summed E-state index contributed by atoms with van der Waals surface area (Å²) < 4.78 is 16.2. The molecule has 9 heteroatoms. The molecule has 3 rings (SSSR count). The first-order chi connectivity index (χ1) is 15.7. The van der Waals surface area contributed by atoms with Gasteiger partial charge in [-0.15, -0.1) is 0 Å². The van der Waals surface area contributed by atoms with E-state index >= 15 is 0 Å². The molecule has 1 fully saturated rings. The first-order valence-electron chi connectivity index (χ1n) is 10.3. The molecule has 2 aromatic rings. The molecule has 2 aromatic carbocycles. The van der Waals surface area contributed by atoms with Gasteiger partial charge in [-0.1, -0.05) is 35.3 Å². The molecule has 1 unspecified atom stereocenters. The van der Waals surface area contributed by atoms with E-state index in [-0.39, 0.29) is 46.9 Å². The Bertz CT molecular complexity index is 1080. The average Bonchev–Trinajstić information content (AvgIpc) is 3.03. The van der Waals surface area contributed by atoms with E-state index < -0.39 is 23.5 Å². The lowest BCUT2D eigenvalue weighted by Gasteiger charge is -2.26. The Labute approximate surface area is 202 Å². The first-order valence-corrected chi connectivity index (χ1v) is 11.0. The molecule has 1 atom stereocenters. The fraction of sp³-hybridized carbons (Fsp3) is 0.333. The monoisotopic (exact) mass is 493 g/mol. The van der Waals surface area contributed by atoms with Crippen LogP contribution in [-0.2, 0) is 14.3 Å². The van der Waals surface area contributed by atoms with Crippen LogP contribution in [-0.4, -0.2) is 55.2 Å². The van der Waals surface area contributed by atoms with E-state index in [1.165, 1.54) is 31.3 Å². The van der Waals surface area contributed by atoms with Crippen LogP contribution in [0.3, 0.4) is 0 Å². The number of aliphatic hydroxyl groups excluding tert-OH is 1. The maximum absolute atomic E-state index is 13.1. The first kappa shape index (κ1) is 24.9. The van der Waals surface area contributed by atoms with E-state index in [1.807, 2.05) is 13.8 Å². The van der Waals surface area contributed by atoms with Gasteiger partial charge < -0.3 is 24.2 Å². The summed E-state index contributed by atoms with van der Waals surface area (Å²) in [5.74, 6) is -1.44. The summed E-state index contributed by atoms with van der Waals surface area (Å²) in [6, 6.07) is 8.83. The summed E-state index contributed by atoms with van der Waals surface area (Å²) in [5.41, 5.74) is 0.716. The van der Waals surface area contributed by atoms with Gasteiger partial charge in [-0.2, -0.15) is 0 Å². The van der Waals surface area contributed by atoms with Gasteiger partial charge in [0, 0.05) is 17.6 Å². The number of carbonyl (C=O) groups is 2. The van der Waals surface area contributed by atoms with Gasteiger partial charge in [0.25, 0.3) is 11.7 Å². The molecule has 1 N–H and O–H groups in total. The van der Waals surface area contributed by atoms with Gasteiger partial charge in [-0.25, -0.2) is 0 Å². The number of ketones is 1. The highest BCUT2D eigenvalue weighted by Crippen LogP contribution is 2.43. The summed E-state index contributed by atoms with van der Waals surface area (Å²) in [7, 11) is 2.84. The number of rotatable bonds is 8. The molecule has 7 nitrogen and oxygen atoms in total. The molecule has 1 saturated heterocycles. The molecule has 0 saturated carbocycles. The predicted octanol–water partition coefficient (Wildman–Crippen LogP) is 4.86. The van der Waals surface area contributed by atoms with Crippen LogP contribution in [0.5, 0.6) is 11.5 Å². The van der Waals surface area contributed by atoms with Gasteiger partial charge in [0.1, 0.15) is 17.3 Å². The minimum absolute atomic E-state index is 0.0402. The molecule has 0 spiro atoms. The van der Waals surface area contributed by atoms with Crippen LogP contribution >= 0.6 is 23.2 Å². The molecule has 1 amide bonds. The van der Waals surface area contributed by atoms with Crippen LogP contribution in [0.2, 0.25) is 10.0 Å². The number of likely N-dealkylation sites (tertiary alicyclic amines) is 1. The topological polar surface area (TPSA) is 85.3 Å². The van der Waals surface area contributed by atoms with E-state index in [0.717, 1.165) is 0 Å². The Morgan fingerprint density at radius 2 is 1.70 bits per heavy atom. The van der Waals surface area contributed by atoms with Crippen LogP contribution in [0.25, 0.3) is 5.76 Å². The van der Waals surface area contributed by atoms with Crippen molar-refractivity contribution in [3.63, 3.8) is 0 Å². The zero-order chi connectivity index (χ0) is 24.3. The van der Waals surface area contributed by atoms with Crippen LogP contribution in [0, 0.1) is 0 Å². The van der Waals surface area contributed by atoms with Crippen molar-refractivity contribution in [3.05, 3.63) is 63.1 Å².